The van der Waals surface area contributed by atoms with Crippen molar-refractivity contribution >= 4 is 11.6 Å². The number of anilines is 1. The molecule has 1 saturated heterocycles. The second-order valence-corrected chi connectivity index (χ2v) is 7.82. The third-order valence-electron chi connectivity index (χ3n) is 6.09. The molecule has 6 nitrogen and oxygen atoms in total. The monoisotopic (exact) mass is 379 g/mol. The quantitative estimate of drug-likeness (QED) is 0.816. The van der Waals surface area contributed by atoms with E-state index in [1.165, 1.54) is 11.1 Å². The van der Waals surface area contributed by atoms with Crippen LogP contribution in [0.4, 0.5) is 5.82 Å². The maximum atomic E-state index is 11.5. The fourth-order valence-corrected chi connectivity index (χ4v) is 4.31. The highest BCUT2D eigenvalue weighted by atomic mass is 16.5. The third kappa shape index (κ3) is 3.22. The number of aromatic nitrogens is 1. The van der Waals surface area contributed by atoms with Crippen LogP contribution in [0.25, 0.3) is 0 Å². The Hall–Kier alpha value is -2.60. The summed E-state index contributed by atoms with van der Waals surface area (Å²) in [5.41, 5.74) is 3.54. The molecule has 0 amide bonds. The van der Waals surface area contributed by atoms with Crippen LogP contribution in [0.1, 0.15) is 29.7 Å². The number of hydrogen-bond donors (Lipinski definition) is 0. The molecule has 0 radical (unpaired) electrons. The molecule has 2 aromatic rings. The van der Waals surface area contributed by atoms with Gasteiger partial charge in [0.05, 0.1) is 6.61 Å². The lowest BCUT2D eigenvalue weighted by atomic mass is 10.0. The number of hydrogen-bond acceptors (Lipinski definition) is 6. The maximum Gasteiger partial charge on any atom is 0.174 e. The zero-order valence-corrected chi connectivity index (χ0v) is 16.2. The SMILES string of the molecule is CC(c1ccc2c(c1)OCC2)N1CCN(c2cc3c(cn2)CC(=O)CO3)CC1. The van der Waals surface area contributed by atoms with Crippen molar-refractivity contribution < 1.29 is 14.3 Å². The van der Waals surface area contributed by atoms with Gasteiger partial charge in [0.15, 0.2) is 5.78 Å². The van der Waals surface area contributed by atoms with E-state index >= 15 is 0 Å². The molecule has 0 aliphatic carbocycles. The lowest BCUT2D eigenvalue weighted by molar-refractivity contribution is -0.121. The number of rotatable bonds is 3. The molecule has 1 aromatic carbocycles. The van der Waals surface area contributed by atoms with Crippen molar-refractivity contribution in [2.45, 2.75) is 25.8 Å². The summed E-state index contributed by atoms with van der Waals surface area (Å²) in [5.74, 6) is 2.91. The Bertz CT molecular complexity index is 906. The van der Waals surface area contributed by atoms with Crippen molar-refractivity contribution in [1.82, 2.24) is 9.88 Å². The summed E-state index contributed by atoms with van der Waals surface area (Å²) in [5, 5.41) is 0. The van der Waals surface area contributed by atoms with Crippen LogP contribution in [0.15, 0.2) is 30.5 Å². The first-order valence-corrected chi connectivity index (χ1v) is 10.1. The Morgan fingerprint density at radius 1 is 1.04 bits per heavy atom. The largest absolute Gasteiger partial charge is 0.493 e. The smallest absolute Gasteiger partial charge is 0.174 e. The van der Waals surface area contributed by atoms with E-state index in [1.54, 1.807) is 6.20 Å². The Balaban J connectivity index is 1.24. The summed E-state index contributed by atoms with van der Waals surface area (Å²) in [4.78, 5) is 20.9. The second-order valence-electron chi connectivity index (χ2n) is 7.82. The second kappa shape index (κ2) is 7.09. The minimum atomic E-state index is 0.113. The molecular formula is C22H25N3O3. The average molecular weight is 379 g/mol. The Labute approximate surface area is 165 Å². The first kappa shape index (κ1) is 17.5. The molecule has 28 heavy (non-hydrogen) atoms. The van der Waals surface area contributed by atoms with Gasteiger partial charge in [-0.15, -0.1) is 0 Å². The first-order valence-electron chi connectivity index (χ1n) is 10.1. The lowest BCUT2D eigenvalue weighted by Crippen LogP contribution is -2.47. The molecule has 0 saturated carbocycles. The van der Waals surface area contributed by atoms with E-state index < -0.39 is 0 Å². The molecule has 6 heteroatoms. The van der Waals surface area contributed by atoms with Gasteiger partial charge in [0.25, 0.3) is 0 Å². The van der Waals surface area contributed by atoms with Crippen molar-refractivity contribution in [2.75, 3.05) is 44.3 Å². The maximum absolute atomic E-state index is 11.5. The molecule has 1 aromatic heterocycles. The summed E-state index contributed by atoms with van der Waals surface area (Å²) >= 11 is 0. The third-order valence-corrected chi connectivity index (χ3v) is 6.09. The van der Waals surface area contributed by atoms with Crippen LogP contribution in [0.3, 0.4) is 0 Å². The van der Waals surface area contributed by atoms with Gasteiger partial charge in [-0.05, 0) is 24.1 Å². The fourth-order valence-electron chi connectivity index (χ4n) is 4.31. The van der Waals surface area contributed by atoms with Gasteiger partial charge in [0.2, 0.25) is 0 Å². The molecule has 0 N–H and O–H groups in total. The summed E-state index contributed by atoms with van der Waals surface area (Å²) in [6, 6.07) is 9.02. The van der Waals surface area contributed by atoms with Crippen LogP contribution < -0.4 is 14.4 Å². The molecule has 3 aliphatic heterocycles. The zero-order valence-electron chi connectivity index (χ0n) is 16.2. The Kier molecular flexibility index (Phi) is 4.43. The average Bonchev–Trinajstić information content (AvgIpc) is 3.21. The molecular weight excluding hydrogens is 354 g/mol. The molecule has 3 aliphatic rings. The van der Waals surface area contributed by atoms with Gasteiger partial charge in [-0.25, -0.2) is 4.98 Å². The molecule has 4 heterocycles. The minimum Gasteiger partial charge on any atom is -0.493 e. The van der Waals surface area contributed by atoms with Gasteiger partial charge >= 0.3 is 0 Å². The van der Waals surface area contributed by atoms with Crippen LogP contribution in [0, 0.1) is 0 Å². The standard InChI is InChI=1S/C22H25N3O3/c1-15(17-3-2-16-4-9-27-20(16)11-17)24-5-7-25(8-6-24)22-12-21-18(13-23-22)10-19(26)14-28-21/h2-3,11-13,15H,4-10,14H2,1H3. The Morgan fingerprint density at radius 2 is 1.86 bits per heavy atom. The van der Waals surface area contributed by atoms with Crippen molar-refractivity contribution in [3.05, 3.63) is 47.2 Å². The molecule has 146 valence electrons. The van der Waals surface area contributed by atoms with Crippen molar-refractivity contribution in [3.63, 3.8) is 0 Å². The number of benzene rings is 1. The fraction of sp³-hybridized carbons (Fsp3) is 0.455. The van der Waals surface area contributed by atoms with Crippen LogP contribution in [0.5, 0.6) is 11.5 Å². The number of piperazine rings is 1. The van der Waals surface area contributed by atoms with Crippen LogP contribution in [-0.2, 0) is 17.6 Å². The summed E-state index contributed by atoms with van der Waals surface area (Å²) < 4.78 is 11.3. The highest BCUT2D eigenvalue weighted by Gasteiger charge is 2.25. The number of pyridine rings is 1. The minimum absolute atomic E-state index is 0.113. The first-order chi connectivity index (χ1) is 13.7. The number of ether oxygens (including phenoxy) is 2. The van der Waals surface area contributed by atoms with Crippen molar-refractivity contribution in [3.8, 4) is 11.5 Å². The number of nitrogens with zero attached hydrogens (tertiary/aromatic N) is 3. The van der Waals surface area contributed by atoms with Crippen molar-refractivity contribution in [2.24, 2.45) is 0 Å². The predicted molar refractivity (Wildman–Crippen MR) is 106 cm³/mol. The van der Waals surface area contributed by atoms with E-state index in [1.807, 2.05) is 6.07 Å². The highest BCUT2D eigenvalue weighted by Crippen LogP contribution is 2.32. The van der Waals surface area contributed by atoms with E-state index in [-0.39, 0.29) is 12.4 Å². The zero-order chi connectivity index (χ0) is 19.1. The van der Waals surface area contributed by atoms with Gasteiger partial charge in [-0.3, -0.25) is 9.69 Å². The highest BCUT2D eigenvalue weighted by molar-refractivity contribution is 5.84. The normalized spacial score (nSPS) is 20.2. The molecule has 1 fully saturated rings. The van der Waals surface area contributed by atoms with E-state index in [0.29, 0.717) is 12.5 Å². The van der Waals surface area contributed by atoms with Gasteiger partial charge in [0.1, 0.15) is 23.9 Å². The van der Waals surface area contributed by atoms with Gasteiger partial charge in [-0.2, -0.15) is 0 Å². The van der Waals surface area contributed by atoms with Crippen LogP contribution >= 0.6 is 0 Å². The van der Waals surface area contributed by atoms with Gasteiger partial charge < -0.3 is 14.4 Å². The summed E-state index contributed by atoms with van der Waals surface area (Å²) in [7, 11) is 0. The lowest BCUT2D eigenvalue weighted by Gasteiger charge is -2.39. The van der Waals surface area contributed by atoms with E-state index in [2.05, 4.69) is 39.9 Å². The number of ketones is 1. The summed E-state index contributed by atoms with van der Waals surface area (Å²) in [6.07, 6.45) is 3.24. The van der Waals surface area contributed by atoms with Gasteiger partial charge in [-0.1, -0.05) is 12.1 Å². The number of carbonyl (C=O) groups is 1. The molecule has 1 atom stereocenters. The van der Waals surface area contributed by atoms with Gasteiger partial charge in [0, 0.05) is 62.9 Å². The molecule has 5 rings (SSSR count). The molecule has 0 spiro atoms. The number of fused-ring (bicyclic) bond motifs is 2. The number of Topliss-reactive ketones (excluding diaryl/α,β-unsaturated/α-hetero) is 1. The van der Waals surface area contributed by atoms with E-state index in [0.717, 1.165) is 62.1 Å². The van der Waals surface area contributed by atoms with E-state index in [4.69, 9.17) is 9.47 Å². The predicted octanol–water partition coefficient (Wildman–Crippen LogP) is 2.40. The van der Waals surface area contributed by atoms with Crippen molar-refractivity contribution in [1.29, 1.82) is 0 Å². The molecule has 0 bridgehead atoms. The Morgan fingerprint density at radius 3 is 2.71 bits per heavy atom. The van der Waals surface area contributed by atoms with E-state index in [9.17, 15) is 4.79 Å². The topological polar surface area (TPSA) is 54.9 Å². The summed E-state index contributed by atoms with van der Waals surface area (Å²) in [6.45, 7) is 7.07. The van der Waals surface area contributed by atoms with Crippen LogP contribution in [0.2, 0.25) is 0 Å². The molecule has 1 unspecified atom stereocenters. The number of carbonyl (C=O) groups excluding carboxylic acids is 1. The van der Waals surface area contributed by atoms with Crippen LogP contribution in [-0.4, -0.2) is 55.1 Å².